The monoisotopic (exact) mass is 238 g/mol. The zero-order chi connectivity index (χ0) is 12.3. The average molecular weight is 238 g/mol. The number of likely N-dealkylation sites (tertiary alicyclic amines) is 1. The molecule has 1 aliphatic heterocycles. The number of nitrogens with two attached hydrogens (primary N) is 1. The van der Waals surface area contributed by atoms with Gasteiger partial charge in [-0.3, -0.25) is 4.79 Å². The van der Waals surface area contributed by atoms with E-state index < -0.39 is 0 Å². The topological polar surface area (TPSA) is 46.3 Å². The Morgan fingerprint density at radius 2 is 1.82 bits per heavy atom. The molecule has 2 N–H and O–H groups in total. The van der Waals surface area contributed by atoms with E-state index in [0.717, 1.165) is 19.5 Å². The van der Waals surface area contributed by atoms with Crippen molar-refractivity contribution in [2.45, 2.75) is 51.9 Å². The van der Waals surface area contributed by atoms with Gasteiger partial charge in [0, 0.05) is 19.6 Å². The van der Waals surface area contributed by atoms with Gasteiger partial charge in [0.2, 0.25) is 5.91 Å². The fraction of sp³-hybridized carbons (Fsp3) is 0.929. The highest BCUT2D eigenvalue weighted by molar-refractivity contribution is 5.79. The molecule has 3 heteroatoms. The van der Waals surface area contributed by atoms with Gasteiger partial charge >= 0.3 is 0 Å². The van der Waals surface area contributed by atoms with Gasteiger partial charge in [-0.15, -0.1) is 0 Å². The molecule has 1 heterocycles. The molecule has 1 saturated heterocycles. The molecule has 0 aromatic carbocycles. The van der Waals surface area contributed by atoms with Gasteiger partial charge in [0.25, 0.3) is 0 Å². The van der Waals surface area contributed by atoms with E-state index in [-0.39, 0.29) is 5.92 Å². The minimum absolute atomic E-state index is 0.0487. The van der Waals surface area contributed by atoms with E-state index in [1.165, 1.54) is 38.5 Å². The molecule has 1 spiro atoms. The zero-order valence-corrected chi connectivity index (χ0v) is 11.1. The normalized spacial score (nSPS) is 25.2. The Morgan fingerprint density at radius 3 is 2.29 bits per heavy atom. The number of rotatable bonds is 3. The molecule has 1 atom stereocenters. The summed E-state index contributed by atoms with van der Waals surface area (Å²) in [4.78, 5) is 14.3. The van der Waals surface area contributed by atoms with Crippen molar-refractivity contribution in [2.75, 3.05) is 19.6 Å². The molecule has 3 nitrogen and oxygen atoms in total. The summed E-state index contributed by atoms with van der Waals surface area (Å²) in [5, 5.41) is 0. The molecule has 0 bridgehead atoms. The molecule has 0 aromatic heterocycles. The van der Waals surface area contributed by atoms with Crippen LogP contribution in [0.5, 0.6) is 0 Å². The summed E-state index contributed by atoms with van der Waals surface area (Å²) < 4.78 is 0. The van der Waals surface area contributed by atoms with Gasteiger partial charge in [-0.05, 0) is 37.5 Å². The van der Waals surface area contributed by atoms with E-state index in [9.17, 15) is 4.79 Å². The summed E-state index contributed by atoms with van der Waals surface area (Å²) in [7, 11) is 0. The van der Waals surface area contributed by atoms with E-state index >= 15 is 0 Å². The highest BCUT2D eigenvalue weighted by Gasteiger charge is 2.38. The van der Waals surface area contributed by atoms with Crippen LogP contribution in [-0.4, -0.2) is 30.4 Å². The molecule has 1 aliphatic carbocycles. The van der Waals surface area contributed by atoms with Crippen LogP contribution in [0, 0.1) is 11.3 Å². The van der Waals surface area contributed by atoms with E-state index in [1.54, 1.807) is 0 Å². The molecule has 17 heavy (non-hydrogen) atoms. The molecule has 2 aliphatic rings. The van der Waals surface area contributed by atoms with Crippen molar-refractivity contribution in [3.05, 3.63) is 0 Å². The highest BCUT2D eigenvalue weighted by atomic mass is 16.2. The first kappa shape index (κ1) is 12.9. The fourth-order valence-electron chi connectivity index (χ4n) is 3.53. The van der Waals surface area contributed by atoms with Crippen molar-refractivity contribution >= 4 is 5.91 Å². The lowest BCUT2D eigenvalue weighted by molar-refractivity contribution is -0.137. The Hall–Kier alpha value is -0.570. The summed E-state index contributed by atoms with van der Waals surface area (Å²) in [6, 6.07) is 0. The Balaban J connectivity index is 1.88. The van der Waals surface area contributed by atoms with E-state index in [0.29, 0.717) is 17.9 Å². The van der Waals surface area contributed by atoms with Crippen LogP contribution in [0.1, 0.15) is 51.9 Å². The molecule has 0 radical (unpaired) electrons. The lowest BCUT2D eigenvalue weighted by Gasteiger charge is -2.40. The standard InChI is InChI=1S/C14H26N2O/c1-2-12(11-15)13(17)16-9-7-14(8-10-16)5-3-4-6-14/h12H,2-11,15H2,1H3. The maximum Gasteiger partial charge on any atom is 0.226 e. The van der Waals surface area contributed by atoms with Crippen molar-refractivity contribution < 1.29 is 4.79 Å². The lowest BCUT2D eigenvalue weighted by Crippen LogP contribution is -2.46. The third kappa shape index (κ3) is 2.65. The molecule has 1 saturated carbocycles. The van der Waals surface area contributed by atoms with Gasteiger partial charge in [0.1, 0.15) is 0 Å². The first-order chi connectivity index (χ1) is 8.21. The smallest absolute Gasteiger partial charge is 0.226 e. The van der Waals surface area contributed by atoms with E-state index in [1.807, 2.05) is 0 Å². The van der Waals surface area contributed by atoms with Crippen LogP contribution < -0.4 is 5.73 Å². The van der Waals surface area contributed by atoms with Crippen LogP contribution in [0.2, 0.25) is 0 Å². The highest BCUT2D eigenvalue weighted by Crippen LogP contribution is 2.46. The molecule has 1 amide bonds. The Morgan fingerprint density at radius 1 is 1.24 bits per heavy atom. The Bertz CT molecular complexity index is 257. The van der Waals surface area contributed by atoms with Gasteiger partial charge in [-0.1, -0.05) is 19.8 Å². The van der Waals surface area contributed by atoms with Gasteiger partial charge in [0.05, 0.1) is 5.92 Å². The molecule has 1 unspecified atom stereocenters. The molecule has 0 aromatic rings. The van der Waals surface area contributed by atoms with E-state index in [4.69, 9.17) is 5.73 Å². The maximum atomic E-state index is 12.2. The summed E-state index contributed by atoms with van der Waals surface area (Å²) in [5.41, 5.74) is 6.26. The molecule has 2 fully saturated rings. The first-order valence-electron chi connectivity index (χ1n) is 7.19. The van der Waals surface area contributed by atoms with Crippen molar-refractivity contribution in [1.29, 1.82) is 0 Å². The second-order valence-corrected chi connectivity index (χ2v) is 5.87. The largest absolute Gasteiger partial charge is 0.342 e. The number of piperidine rings is 1. The van der Waals surface area contributed by atoms with Crippen molar-refractivity contribution in [2.24, 2.45) is 17.1 Å². The molecular weight excluding hydrogens is 212 g/mol. The van der Waals surface area contributed by atoms with Gasteiger partial charge in [0.15, 0.2) is 0 Å². The molecule has 98 valence electrons. The second kappa shape index (κ2) is 5.38. The third-order valence-corrected chi connectivity index (χ3v) is 4.93. The molecule has 2 rings (SSSR count). The number of carbonyl (C=O) groups is 1. The summed E-state index contributed by atoms with van der Waals surface area (Å²) in [6.07, 6.45) is 8.89. The summed E-state index contributed by atoms with van der Waals surface area (Å²) in [5.74, 6) is 0.343. The maximum absolute atomic E-state index is 12.2. The number of hydrogen-bond donors (Lipinski definition) is 1. The van der Waals surface area contributed by atoms with Crippen LogP contribution in [0.3, 0.4) is 0 Å². The summed E-state index contributed by atoms with van der Waals surface area (Å²) in [6.45, 7) is 4.49. The van der Waals surface area contributed by atoms with Gasteiger partial charge < -0.3 is 10.6 Å². The van der Waals surface area contributed by atoms with Crippen LogP contribution in [0.4, 0.5) is 0 Å². The quantitative estimate of drug-likeness (QED) is 0.819. The number of amides is 1. The van der Waals surface area contributed by atoms with Gasteiger partial charge in [-0.25, -0.2) is 0 Å². The zero-order valence-electron chi connectivity index (χ0n) is 11.1. The number of nitrogens with zero attached hydrogens (tertiary/aromatic N) is 1. The minimum Gasteiger partial charge on any atom is -0.342 e. The minimum atomic E-state index is 0.0487. The average Bonchev–Trinajstić information content (AvgIpc) is 2.80. The molecular formula is C14H26N2O. The number of carbonyl (C=O) groups excluding carboxylic acids is 1. The third-order valence-electron chi connectivity index (χ3n) is 4.93. The lowest BCUT2D eigenvalue weighted by atomic mass is 9.77. The van der Waals surface area contributed by atoms with Crippen LogP contribution in [0.15, 0.2) is 0 Å². The van der Waals surface area contributed by atoms with Crippen molar-refractivity contribution in [1.82, 2.24) is 4.90 Å². The Kier molecular flexibility index (Phi) is 4.08. The summed E-state index contributed by atoms with van der Waals surface area (Å²) >= 11 is 0. The van der Waals surface area contributed by atoms with Crippen molar-refractivity contribution in [3.63, 3.8) is 0 Å². The number of hydrogen-bond acceptors (Lipinski definition) is 2. The first-order valence-corrected chi connectivity index (χ1v) is 7.19. The van der Waals surface area contributed by atoms with Crippen molar-refractivity contribution in [3.8, 4) is 0 Å². The van der Waals surface area contributed by atoms with Crippen LogP contribution in [-0.2, 0) is 4.79 Å². The SMILES string of the molecule is CCC(CN)C(=O)N1CCC2(CCCC2)CC1. The van der Waals surface area contributed by atoms with Crippen LogP contribution >= 0.6 is 0 Å². The van der Waals surface area contributed by atoms with Gasteiger partial charge in [-0.2, -0.15) is 0 Å². The predicted molar refractivity (Wildman–Crippen MR) is 69.6 cm³/mol. The fourth-order valence-corrected chi connectivity index (χ4v) is 3.53. The van der Waals surface area contributed by atoms with Crippen LogP contribution in [0.25, 0.3) is 0 Å². The second-order valence-electron chi connectivity index (χ2n) is 5.87. The Labute approximate surface area is 105 Å². The van der Waals surface area contributed by atoms with E-state index in [2.05, 4.69) is 11.8 Å². The predicted octanol–water partition coefficient (Wildman–Crippen LogP) is 2.15.